The van der Waals surface area contributed by atoms with E-state index in [1.165, 1.54) is 0 Å². The summed E-state index contributed by atoms with van der Waals surface area (Å²) in [6, 6.07) is 0.546. The van der Waals surface area contributed by atoms with Gasteiger partial charge in [0.2, 0.25) is 0 Å². The highest BCUT2D eigenvalue weighted by atomic mass is 16.3. The summed E-state index contributed by atoms with van der Waals surface area (Å²) < 4.78 is 0. The molecule has 0 rings (SSSR count). The number of aliphatic hydroxyl groups is 2. The van der Waals surface area contributed by atoms with Crippen molar-refractivity contribution in [3.63, 3.8) is 0 Å². The third kappa shape index (κ3) is 6.95. The summed E-state index contributed by atoms with van der Waals surface area (Å²) in [5.74, 6) is 0. The summed E-state index contributed by atoms with van der Waals surface area (Å²) in [4.78, 5) is 2.22. The Kier molecular flexibility index (Phi) is 7.17. The van der Waals surface area contributed by atoms with Crippen molar-refractivity contribution in [1.82, 2.24) is 10.2 Å². The molecule has 0 bridgehead atoms. The lowest BCUT2D eigenvalue weighted by atomic mass is 10.3. The molecule has 0 aromatic rings. The van der Waals surface area contributed by atoms with E-state index in [9.17, 15) is 0 Å². The second-order valence-electron chi connectivity index (χ2n) is 3.61. The Morgan fingerprint density at radius 1 is 1.38 bits per heavy atom. The molecule has 1 atom stereocenters. The molecule has 0 unspecified atom stereocenters. The largest absolute Gasteiger partial charge is 0.394 e. The van der Waals surface area contributed by atoms with Gasteiger partial charge in [-0.1, -0.05) is 0 Å². The van der Waals surface area contributed by atoms with E-state index in [2.05, 4.69) is 31.1 Å². The second kappa shape index (κ2) is 7.26. The highest BCUT2D eigenvalue weighted by Crippen LogP contribution is 1.90. The zero-order chi connectivity index (χ0) is 10.3. The Labute approximate surface area is 80.6 Å². The van der Waals surface area contributed by atoms with Crippen LogP contribution in [-0.2, 0) is 0 Å². The molecule has 0 aliphatic rings. The first-order valence-corrected chi connectivity index (χ1v) is 4.77. The minimum absolute atomic E-state index is 0.174. The zero-order valence-corrected chi connectivity index (χ0v) is 8.82. The molecule has 0 fully saturated rings. The van der Waals surface area contributed by atoms with Crippen LogP contribution >= 0.6 is 0 Å². The van der Waals surface area contributed by atoms with E-state index in [0.29, 0.717) is 12.6 Å². The second-order valence-corrected chi connectivity index (χ2v) is 3.61. The van der Waals surface area contributed by atoms with Crippen molar-refractivity contribution >= 4 is 0 Å². The predicted octanol–water partition coefficient (Wildman–Crippen LogP) is -0.731. The summed E-state index contributed by atoms with van der Waals surface area (Å²) in [5, 5.41) is 20.6. The van der Waals surface area contributed by atoms with Crippen LogP contribution in [0.3, 0.4) is 0 Å². The van der Waals surface area contributed by atoms with Gasteiger partial charge in [0, 0.05) is 25.7 Å². The highest BCUT2D eigenvalue weighted by molar-refractivity contribution is 4.61. The minimum Gasteiger partial charge on any atom is -0.394 e. The Hall–Kier alpha value is -0.160. The molecule has 4 heteroatoms. The first-order valence-electron chi connectivity index (χ1n) is 4.77. The van der Waals surface area contributed by atoms with Gasteiger partial charge in [0.1, 0.15) is 0 Å². The fourth-order valence-electron chi connectivity index (χ4n) is 0.847. The lowest BCUT2D eigenvalue weighted by Crippen LogP contribution is -2.37. The molecule has 4 nitrogen and oxygen atoms in total. The zero-order valence-electron chi connectivity index (χ0n) is 8.82. The summed E-state index contributed by atoms with van der Waals surface area (Å²) in [6.07, 6.45) is -0.635. The van der Waals surface area contributed by atoms with Crippen LogP contribution in [0.4, 0.5) is 0 Å². The van der Waals surface area contributed by atoms with Gasteiger partial charge < -0.3 is 20.4 Å². The maximum atomic E-state index is 9.01. The van der Waals surface area contributed by atoms with Gasteiger partial charge in [-0.2, -0.15) is 0 Å². The van der Waals surface area contributed by atoms with E-state index < -0.39 is 6.10 Å². The number of nitrogens with zero attached hydrogens (tertiary/aromatic N) is 1. The number of nitrogens with one attached hydrogen (secondary N) is 1. The average molecular weight is 190 g/mol. The SMILES string of the molecule is CC(C)N(C)CCNC[C@H](O)CO. The van der Waals surface area contributed by atoms with Crippen molar-refractivity contribution in [2.45, 2.75) is 26.0 Å². The summed E-state index contributed by atoms with van der Waals surface area (Å²) >= 11 is 0. The van der Waals surface area contributed by atoms with Gasteiger partial charge in [-0.25, -0.2) is 0 Å². The van der Waals surface area contributed by atoms with E-state index in [0.717, 1.165) is 13.1 Å². The van der Waals surface area contributed by atoms with Crippen LogP contribution in [0.2, 0.25) is 0 Å². The Bertz CT molecular complexity index is 120. The van der Waals surface area contributed by atoms with Crippen LogP contribution in [0.15, 0.2) is 0 Å². The fourth-order valence-corrected chi connectivity index (χ4v) is 0.847. The number of hydrogen-bond acceptors (Lipinski definition) is 4. The van der Waals surface area contributed by atoms with Crippen molar-refractivity contribution in [1.29, 1.82) is 0 Å². The standard InChI is InChI=1S/C9H22N2O2/c1-8(2)11(3)5-4-10-6-9(13)7-12/h8-10,12-13H,4-7H2,1-3H3/t9-/m0/s1. The molecular weight excluding hydrogens is 168 g/mol. The average Bonchev–Trinajstić information content (AvgIpc) is 2.11. The smallest absolute Gasteiger partial charge is 0.0894 e. The van der Waals surface area contributed by atoms with Gasteiger partial charge in [0.25, 0.3) is 0 Å². The number of rotatable bonds is 7. The lowest BCUT2D eigenvalue weighted by Gasteiger charge is -2.21. The quantitative estimate of drug-likeness (QED) is 0.463. The van der Waals surface area contributed by atoms with Crippen molar-refractivity contribution in [2.75, 3.05) is 33.3 Å². The molecule has 0 amide bonds. The first kappa shape index (κ1) is 12.8. The van der Waals surface area contributed by atoms with Gasteiger partial charge in [0.15, 0.2) is 0 Å². The molecule has 0 radical (unpaired) electrons. The van der Waals surface area contributed by atoms with Crippen LogP contribution in [0.1, 0.15) is 13.8 Å². The first-order chi connectivity index (χ1) is 6.07. The maximum absolute atomic E-state index is 9.01. The molecule has 0 aliphatic heterocycles. The van der Waals surface area contributed by atoms with E-state index in [4.69, 9.17) is 10.2 Å². The molecule has 0 saturated heterocycles. The molecule has 13 heavy (non-hydrogen) atoms. The minimum atomic E-state index is -0.635. The molecule has 0 aromatic heterocycles. The van der Waals surface area contributed by atoms with Crippen molar-refractivity contribution < 1.29 is 10.2 Å². The van der Waals surface area contributed by atoms with Gasteiger partial charge in [0.05, 0.1) is 12.7 Å². The third-order valence-electron chi connectivity index (χ3n) is 2.11. The molecule has 0 heterocycles. The molecule has 3 N–H and O–H groups in total. The molecule has 0 aromatic carbocycles. The van der Waals surface area contributed by atoms with Crippen molar-refractivity contribution in [3.8, 4) is 0 Å². The Morgan fingerprint density at radius 3 is 2.46 bits per heavy atom. The van der Waals surface area contributed by atoms with Crippen molar-refractivity contribution in [2.24, 2.45) is 0 Å². The molecule has 0 aliphatic carbocycles. The Morgan fingerprint density at radius 2 is 2.00 bits per heavy atom. The van der Waals surface area contributed by atoms with Gasteiger partial charge >= 0.3 is 0 Å². The van der Waals surface area contributed by atoms with E-state index in [1.54, 1.807) is 0 Å². The summed E-state index contributed by atoms with van der Waals surface area (Å²) in [5.41, 5.74) is 0. The highest BCUT2D eigenvalue weighted by Gasteiger charge is 2.03. The van der Waals surface area contributed by atoms with E-state index in [1.807, 2.05) is 0 Å². The molecule has 80 valence electrons. The topological polar surface area (TPSA) is 55.7 Å². The van der Waals surface area contributed by atoms with Gasteiger partial charge in [-0.15, -0.1) is 0 Å². The van der Waals surface area contributed by atoms with Gasteiger partial charge in [-0.3, -0.25) is 0 Å². The van der Waals surface area contributed by atoms with Crippen LogP contribution < -0.4 is 5.32 Å². The lowest BCUT2D eigenvalue weighted by molar-refractivity contribution is 0.0938. The number of aliphatic hydroxyl groups excluding tert-OH is 2. The van der Waals surface area contributed by atoms with Crippen LogP contribution in [0.25, 0.3) is 0 Å². The summed E-state index contributed by atoms with van der Waals surface area (Å²) in [6.45, 7) is 6.36. The van der Waals surface area contributed by atoms with E-state index in [-0.39, 0.29) is 6.61 Å². The number of hydrogen-bond donors (Lipinski definition) is 3. The van der Waals surface area contributed by atoms with Crippen LogP contribution in [-0.4, -0.2) is 60.5 Å². The van der Waals surface area contributed by atoms with Crippen molar-refractivity contribution in [3.05, 3.63) is 0 Å². The van der Waals surface area contributed by atoms with E-state index >= 15 is 0 Å². The maximum Gasteiger partial charge on any atom is 0.0894 e. The van der Waals surface area contributed by atoms with Crippen LogP contribution in [0, 0.1) is 0 Å². The number of likely N-dealkylation sites (N-methyl/N-ethyl adjacent to an activating group) is 1. The van der Waals surface area contributed by atoms with Crippen LogP contribution in [0.5, 0.6) is 0 Å². The molecular formula is C9H22N2O2. The van der Waals surface area contributed by atoms with Gasteiger partial charge in [-0.05, 0) is 20.9 Å². The molecule has 0 saturated carbocycles. The monoisotopic (exact) mass is 190 g/mol. The fraction of sp³-hybridized carbons (Fsp3) is 1.00. The Balaban J connectivity index is 3.25. The summed E-state index contributed by atoms with van der Waals surface area (Å²) in [7, 11) is 2.06. The normalized spacial score (nSPS) is 14.1. The third-order valence-corrected chi connectivity index (χ3v) is 2.11. The molecule has 0 spiro atoms. The predicted molar refractivity (Wildman–Crippen MR) is 53.7 cm³/mol.